The fraction of sp³-hybridized carbons (Fsp3) is 0.250. The van der Waals surface area contributed by atoms with Crippen LogP contribution in [0.2, 0.25) is 0 Å². The van der Waals surface area contributed by atoms with E-state index in [1.165, 1.54) is 10.6 Å². The Hall–Kier alpha value is -4.40. The molecule has 0 saturated carbocycles. The first-order valence-electron chi connectivity index (χ1n) is 15.1. The van der Waals surface area contributed by atoms with Crippen molar-refractivity contribution in [3.05, 3.63) is 114 Å². The summed E-state index contributed by atoms with van der Waals surface area (Å²) in [4.78, 5) is 8.96. The van der Waals surface area contributed by atoms with Crippen LogP contribution in [0.5, 0.6) is 23.0 Å². The molecule has 0 amide bonds. The van der Waals surface area contributed by atoms with Crippen LogP contribution in [0.1, 0.15) is 36.6 Å². The summed E-state index contributed by atoms with van der Waals surface area (Å²) in [6.07, 6.45) is 2.17. The van der Waals surface area contributed by atoms with Gasteiger partial charge in [-0.1, -0.05) is 85.8 Å². The van der Waals surface area contributed by atoms with Crippen molar-refractivity contribution in [2.75, 3.05) is 13.6 Å². The maximum atomic E-state index is 5.72. The molecule has 0 radical (unpaired) electrons. The average molecular weight is 606 g/mol. The summed E-state index contributed by atoms with van der Waals surface area (Å²) in [5.74, 6) is 4.19. The van der Waals surface area contributed by atoms with Gasteiger partial charge in [0.25, 0.3) is 0 Å². The normalized spacial score (nSPS) is 13.1. The number of fused-ring (bicyclic) bond motifs is 2. The Balaban J connectivity index is 1.29. The van der Waals surface area contributed by atoms with E-state index in [9.17, 15) is 0 Å². The number of benzene rings is 4. The highest BCUT2D eigenvalue weighted by atomic mass is 32.2. The highest BCUT2D eigenvalue weighted by Gasteiger charge is 2.23. The van der Waals surface area contributed by atoms with Gasteiger partial charge in [-0.25, -0.2) is 4.98 Å². The van der Waals surface area contributed by atoms with Crippen LogP contribution < -0.4 is 18.9 Å². The number of nitrogens with zero attached hydrogens (tertiary/aromatic N) is 3. The van der Waals surface area contributed by atoms with Gasteiger partial charge < -0.3 is 23.5 Å². The zero-order valence-electron chi connectivity index (χ0n) is 24.8. The molecule has 0 unspecified atom stereocenters. The molecule has 0 atom stereocenters. The van der Waals surface area contributed by atoms with Crippen LogP contribution in [0.3, 0.4) is 0 Å². The van der Waals surface area contributed by atoms with E-state index in [2.05, 4.69) is 101 Å². The van der Waals surface area contributed by atoms with Gasteiger partial charge in [-0.3, -0.25) is 4.90 Å². The molecule has 44 heavy (non-hydrogen) atoms. The molecular weight excluding hydrogens is 570 g/mol. The van der Waals surface area contributed by atoms with Gasteiger partial charge in [-0.2, -0.15) is 0 Å². The van der Waals surface area contributed by atoms with Crippen molar-refractivity contribution in [1.82, 2.24) is 14.5 Å². The Kier molecular flexibility index (Phi) is 8.43. The zero-order chi connectivity index (χ0) is 29.7. The number of hydrogen-bond acceptors (Lipinski definition) is 7. The van der Waals surface area contributed by atoms with E-state index >= 15 is 0 Å². The minimum atomic E-state index is 0.263. The summed E-state index contributed by atoms with van der Waals surface area (Å²) in [5, 5.41) is 1.03. The topological polar surface area (TPSA) is 58.0 Å². The Labute approximate surface area is 262 Å². The molecule has 0 N–H and O–H groups in total. The van der Waals surface area contributed by atoms with Gasteiger partial charge in [-0.05, 0) is 53.9 Å². The lowest BCUT2D eigenvalue weighted by Crippen LogP contribution is -2.24. The highest BCUT2D eigenvalue weighted by Crippen LogP contribution is 2.37. The fourth-order valence-electron chi connectivity index (χ4n) is 5.64. The first kappa shape index (κ1) is 28.4. The van der Waals surface area contributed by atoms with E-state index in [0.717, 1.165) is 83.0 Å². The highest BCUT2D eigenvalue weighted by molar-refractivity contribution is 7.99. The quantitative estimate of drug-likeness (QED) is 0.142. The van der Waals surface area contributed by atoms with Crippen LogP contribution in [-0.2, 0) is 26.2 Å². The molecule has 3 heterocycles. The smallest absolute Gasteiger partial charge is 0.231 e. The molecule has 0 fully saturated rings. The van der Waals surface area contributed by atoms with E-state index in [-0.39, 0.29) is 13.6 Å². The van der Waals surface area contributed by atoms with Gasteiger partial charge in [0.1, 0.15) is 10.9 Å². The first-order valence-corrected chi connectivity index (χ1v) is 15.9. The van der Waals surface area contributed by atoms with Crippen molar-refractivity contribution >= 4 is 11.8 Å². The summed E-state index contributed by atoms with van der Waals surface area (Å²) in [5.41, 5.74) is 4.67. The third kappa shape index (κ3) is 6.27. The molecule has 4 aromatic carbocycles. The van der Waals surface area contributed by atoms with E-state index < -0.39 is 0 Å². The van der Waals surface area contributed by atoms with Crippen molar-refractivity contribution in [1.29, 1.82) is 0 Å². The van der Waals surface area contributed by atoms with E-state index in [1.807, 2.05) is 12.1 Å². The second kappa shape index (κ2) is 13.1. The molecule has 7 nitrogen and oxygen atoms in total. The number of ether oxygens (including phenoxy) is 4. The minimum absolute atomic E-state index is 0.263. The molecule has 5 aromatic rings. The van der Waals surface area contributed by atoms with Gasteiger partial charge >= 0.3 is 0 Å². The standard InChI is InChI=1S/C36H35N3O4S/c1-2-3-18-39-30(36(44-29-12-8-5-9-13-29)37-35(39)28-10-6-4-7-11-28)23-38(21-26-14-16-31-33(19-26)42-24-40-31)22-27-15-17-32-34(20-27)43-25-41-32/h4-17,19-20H,2-3,18,21-25H2,1H3. The Morgan fingerprint density at radius 1 is 0.705 bits per heavy atom. The van der Waals surface area contributed by atoms with Gasteiger partial charge in [0.2, 0.25) is 13.6 Å². The van der Waals surface area contributed by atoms with Crippen LogP contribution in [0, 0.1) is 0 Å². The lowest BCUT2D eigenvalue weighted by molar-refractivity contribution is 0.173. The largest absolute Gasteiger partial charge is 0.454 e. The average Bonchev–Trinajstić information content (AvgIpc) is 3.80. The lowest BCUT2D eigenvalue weighted by Gasteiger charge is -2.25. The summed E-state index contributed by atoms with van der Waals surface area (Å²) >= 11 is 1.73. The van der Waals surface area contributed by atoms with Gasteiger partial charge in [0.15, 0.2) is 23.0 Å². The molecule has 0 aliphatic carbocycles. The van der Waals surface area contributed by atoms with Crippen molar-refractivity contribution in [2.24, 2.45) is 0 Å². The monoisotopic (exact) mass is 605 g/mol. The van der Waals surface area contributed by atoms with Crippen LogP contribution >= 0.6 is 11.8 Å². The molecule has 0 saturated heterocycles. The lowest BCUT2D eigenvalue weighted by atomic mass is 10.1. The number of rotatable bonds is 12. The SMILES string of the molecule is CCCCn1c(-c2ccccc2)nc(Sc2ccccc2)c1CN(Cc1ccc2c(c1)OCO2)Cc1ccc2c(c1)OCO2. The van der Waals surface area contributed by atoms with Crippen LogP contribution in [0.4, 0.5) is 0 Å². The predicted octanol–water partition coefficient (Wildman–Crippen LogP) is 8.16. The van der Waals surface area contributed by atoms with Crippen LogP contribution in [0.15, 0.2) is 107 Å². The molecular formula is C36H35N3O4S. The van der Waals surface area contributed by atoms with Crippen molar-refractivity contribution in [3.8, 4) is 34.4 Å². The molecule has 1 aromatic heterocycles. The van der Waals surface area contributed by atoms with Crippen molar-refractivity contribution < 1.29 is 18.9 Å². The van der Waals surface area contributed by atoms with E-state index in [0.29, 0.717) is 6.54 Å². The maximum Gasteiger partial charge on any atom is 0.231 e. The number of imidazole rings is 1. The second-order valence-electron chi connectivity index (χ2n) is 11.0. The number of aromatic nitrogens is 2. The summed E-state index contributed by atoms with van der Waals surface area (Å²) < 4.78 is 25.1. The minimum Gasteiger partial charge on any atom is -0.454 e. The third-order valence-corrected chi connectivity index (χ3v) is 8.85. The Bertz CT molecular complexity index is 1670. The number of hydrogen-bond donors (Lipinski definition) is 0. The van der Waals surface area contributed by atoms with Gasteiger partial charge in [-0.15, -0.1) is 0 Å². The predicted molar refractivity (Wildman–Crippen MR) is 171 cm³/mol. The fourth-order valence-corrected chi connectivity index (χ4v) is 6.58. The summed E-state index contributed by atoms with van der Waals surface area (Å²) in [6.45, 7) is 5.82. The Morgan fingerprint density at radius 2 is 1.30 bits per heavy atom. The van der Waals surface area contributed by atoms with Crippen LogP contribution in [-0.4, -0.2) is 28.0 Å². The molecule has 2 aliphatic heterocycles. The first-order chi connectivity index (χ1) is 21.7. The van der Waals surface area contributed by atoms with Crippen molar-refractivity contribution in [3.63, 3.8) is 0 Å². The molecule has 2 aliphatic rings. The molecule has 8 heteroatoms. The summed E-state index contributed by atoms with van der Waals surface area (Å²) in [6, 6.07) is 33.5. The van der Waals surface area contributed by atoms with Gasteiger partial charge in [0.05, 0.1) is 5.69 Å². The van der Waals surface area contributed by atoms with E-state index in [1.54, 1.807) is 11.8 Å². The molecule has 224 valence electrons. The summed E-state index contributed by atoms with van der Waals surface area (Å²) in [7, 11) is 0. The second-order valence-corrected chi connectivity index (χ2v) is 12.1. The maximum absolute atomic E-state index is 5.72. The molecule has 0 bridgehead atoms. The Morgan fingerprint density at radius 3 is 1.91 bits per heavy atom. The third-order valence-electron chi connectivity index (χ3n) is 7.82. The van der Waals surface area contributed by atoms with Crippen molar-refractivity contribution in [2.45, 2.75) is 55.9 Å². The van der Waals surface area contributed by atoms with Crippen LogP contribution in [0.25, 0.3) is 11.4 Å². The molecule has 7 rings (SSSR count). The number of unbranched alkanes of at least 4 members (excludes halogenated alkanes) is 1. The van der Waals surface area contributed by atoms with E-state index in [4.69, 9.17) is 23.9 Å². The zero-order valence-corrected chi connectivity index (χ0v) is 25.6. The van der Waals surface area contributed by atoms with Gasteiger partial charge in [0, 0.05) is 36.6 Å². The molecule has 0 spiro atoms.